The molecule has 2 aromatic carbocycles. The monoisotopic (exact) mass is 519 g/mol. The van der Waals surface area contributed by atoms with E-state index in [2.05, 4.69) is 25.5 Å². The van der Waals surface area contributed by atoms with Crippen molar-refractivity contribution < 1.29 is 9.90 Å². The van der Waals surface area contributed by atoms with Crippen LogP contribution in [-0.2, 0) is 18.6 Å². The average Bonchev–Trinajstić information content (AvgIpc) is 3.23. The zero-order chi connectivity index (χ0) is 25.4. The number of amides is 1. The first-order chi connectivity index (χ1) is 17.2. The van der Waals surface area contributed by atoms with Crippen molar-refractivity contribution in [1.29, 1.82) is 0 Å². The van der Waals surface area contributed by atoms with Crippen molar-refractivity contribution >= 4 is 50.9 Å². The molecule has 0 fully saturated rings. The molecule has 7 nitrogen and oxygen atoms in total. The number of aliphatic hydroxyl groups is 1. The van der Waals surface area contributed by atoms with E-state index in [-0.39, 0.29) is 12.5 Å². The van der Waals surface area contributed by atoms with Gasteiger partial charge in [0.2, 0.25) is 0 Å². The van der Waals surface area contributed by atoms with Crippen LogP contribution in [0.5, 0.6) is 0 Å². The van der Waals surface area contributed by atoms with Crippen LogP contribution in [0.4, 0.5) is 0 Å². The van der Waals surface area contributed by atoms with Crippen molar-refractivity contribution in [3.63, 3.8) is 0 Å². The molecule has 36 heavy (non-hydrogen) atoms. The first kappa shape index (κ1) is 24.2. The number of benzene rings is 2. The molecule has 0 atom stereocenters. The summed E-state index contributed by atoms with van der Waals surface area (Å²) in [5, 5.41) is 23.7. The molecular weight excluding hydrogens is 497 g/mol. The number of aromatic amines is 1. The molecular formula is C27H23Cl2N5O2. The number of fused-ring (bicyclic) bond motifs is 2. The van der Waals surface area contributed by atoms with Crippen LogP contribution in [-0.4, -0.2) is 31.2 Å². The highest BCUT2D eigenvalue weighted by atomic mass is 35.5. The van der Waals surface area contributed by atoms with Gasteiger partial charge in [0.15, 0.2) is 0 Å². The molecule has 5 aromatic rings. The van der Waals surface area contributed by atoms with E-state index in [9.17, 15) is 9.90 Å². The molecule has 0 saturated carbocycles. The standard InChI is InChI=1S/C27H23Cl2N5O2/c1-27(2,36)22-9-15(7-17-10-19(29)13-31-25(17)22)8-20-11-16(5-6-30-20)26(35)32-14-24-21-12-18(28)3-4-23(21)33-34-24/h3-7,9-13,36H,8,14H2,1-2H3,(H,32,35)(H,33,34). The summed E-state index contributed by atoms with van der Waals surface area (Å²) in [4.78, 5) is 21.8. The predicted octanol–water partition coefficient (Wildman–Crippen LogP) is 5.56. The third-order valence-electron chi connectivity index (χ3n) is 5.95. The van der Waals surface area contributed by atoms with Crippen LogP contribution in [0.15, 0.2) is 60.9 Å². The zero-order valence-electron chi connectivity index (χ0n) is 19.6. The number of hydrogen-bond acceptors (Lipinski definition) is 5. The second-order valence-corrected chi connectivity index (χ2v) is 10.1. The van der Waals surface area contributed by atoms with Gasteiger partial charge in [-0.15, -0.1) is 0 Å². The number of nitrogens with one attached hydrogen (secondary N) is 2. The summed E-state index contributed by atoms with van der Waals surface area (Å²) in [7, 11) is 0. The van der Waals surface area contributed by atoms with Crippen molar-refractivity contribution in [1.82, 2.24) is 25.5 Å². The number of carbonyl (C=O) groups is 1. The lowest BCUT2D eigenvalue weighted by atomic mass is 9.92. The van der Waals surface area contributed by atoms with Crippen LogP contribution in [0.3, 0.4) is 0 Å². The largest absolute Gasteiger partial charge is 0.386 e. The fourth-order valence-electron chi connectivity index (χ4n) is 4.22. The maximum absolute atomic E-state index is 12.9. The fraction of sp³-hybridized carbons (Fsp3) is 0.185. The topological polar surface area (TPSA) is 104 Å². The fourth-order valence-corrected chi connectivity index (χ4v) is 4.56. The van der Waals surface area contributed by atoms with Gasteiger partial charge in [-0.3, -0.25) is 19.9 Å². The van der Waals surface area contributed by atoms with Gasteiger partial charge in [0, 0.05) is 51.4 Å². The van der Waals surface area contributed by atoms with Crippen LogP contribution in [0, 0.1) is 0 Å². The molecule has 9 heteroatoms. The molecule has 3 N–H and O–H groups in total. The zero-order valence-corrected chi connectivity index (χ0v) is 21.2. The molecule has 0 saturated heterocycles. The van der Waals surface area contributed by atoms with Gasteiger partial charge in [-0.05, 0) is 61.9 Å². The van der Waals surface area contributed by atoms with Gasteiger partial charge < -0.3 is 10.4 Å². The second-order valence-electron chi connectivity index (χ2n) is 9.19. The number of halogens is 2. The van der Waals surface area contributed by atoms with Crippen molar-refractivity contribution in [3.8, 4) is 0 Å². The molecule has 182 valence electrons. The molecule has 0 spiro atoms. The lowest BCUT2D eigenvalue weighted by Gasteiger charge is -2.21. The highest BCUT2D eigenvalue weighted by Crippen LogP contribution is 2.30. The first-order valence-electron chi connectivity index (χ1n) is 11.3. The Labute approximate surface area is 217 Å². The van der Waals surface area contributed by atoms with Gasteiger partial charge in [0.1, 0.15) is 0 Å². The Hall–Kier alpha value is -3.52. The number of H-pyrrole nitrogens is 1. The Balaban J connectivity index is 1.37. The summed E-state index contributed by atoms with van der Waals surface area (Å²) in [5.41, 5.74) is 4.01. The number of nitrogens with zero attached hydrogens (tertiary/aromatic N) is 3. The smallest absolute Gasteiger partial charge is 0.251 e. The van der Waals surface area contributed by atoms with Crippen LogP contribution in [0.2, 0.25) is 10.0 Å². The average molecular weight is 520 g/mol. The Bertz CT molecular complexity index is 1610. The normalized spacial score (nSPS) is 11.8. The number of carbonyl (C=O) groups excluding carboxylic acids is 1. The first-order valence-corrected chi connectivity index (χ1v) is 12.1. The van der Waals surface area contributed by atoms with Crippen molar-refractivity contribution in [3.05, 3.63) is 99.0 Å². The van der Waals surface area contributed by atoms with E-state index >= 15 is 0 Å². The Morgan fingerprint density at radius 2 is 1.89 bits per heavy atom. The van der Waals surface area contributed by atoms with Gasteiger partial charge in [-0.1, -0.05) is 29.3 Å². The van der Waals surface area contributed by atoms with E-state index in [1.165, 1.54) is 0 Å². The van der Waals surface area contributed by atoms with E-state index in [1.807, 2.05) is 30.3 Å². The molecule has 0 aliphatic heterocycles. The molecule has 1 amide bonds. The summed E-state index contributed by atoms with van der Waals surface area (Å²) >= 11 is 12.3. The highest BCUT2D eigenvalue weighted by molar-refractivity contribution is 6.31. The lowest BCUT2D eigenvalue weighted by Crippen LogP contribution is -2.23. The quantitative estimate of drug-likeness (QED) is 0.272. The van der Waals surface area contributed by atoms with Gasteiger partial charge in [0.25, 0.3) is 5.91 Å². The minimum atomic E-state index is -1.09. The minimum absolute atomic E-state index is 0.227. The molecule has 5 rings (SSSR count). The third kappa shape index (κ3) is 5.04. The van der Waals surface area contributed by atoms with Crippen LogP contribution < -0.4 is 5.32 Å². The number of rotatable bonds is 6. The van der Waals surface area contributed by atoms with E-state index in [0.29, 0.717) is 33.1 Å². The Morgan fingerprint density at radius 3 is 2.69 bits per heavy atom. The predicted molar refractivity (Wildman–Crippen MR) is 141 cm³/mol. The molecule has 0 bridgehead atoms. The summed E-state index contributed by atoms with van der Waals surface area (Å²) in [6, 6.07) is 14.6. The SMILES string of the molecule is CC(C)(O)c1cc(Cc2cc(C(=O)NCc3[nH]nc4ccc(Cl)cc34)ccn2)cc2cc(Cl)cnc12. The van der Waals surface area contributed by atoms with E-state index in [0.717, 1.165) is 33.2 Å². The van der Waals surface area contributed by atoms with Gasteiger partial charge in [-0.25, -0.2) is 0 Å². The van der Waals surface area contributed by atoms with Crippen LogP contribution in [0.25, 0.3) is 21.8 Å². The number of hydrogen-bond donors (Lipinski definition) is 3. The Kier molecular flexibility index (Phi) is 6.38. The van der Waals surface area contributed by atoms with E-state index in [1.54, 1.807) is 44.4 Å². The maximum atomic E-state index is 12.9. The molecule has 0 unspecified atom stereocenters. The van der Waals surface area contributed by atoms with Crippen LogP contribution >= 0.6 is 23.2 Å². The van der Waals surface area contributed by atoms with Crippen molar-refractivity contribution in [2.24, 2.45) is 0 Å². The third-order valence-corrected chi connectivity index (χ3v) is 6.40. The van der Waals surface area contributed by atoms with Gasteiger partial charge in [0.05, 0.1) is 33.9 Å². The number of pyridine rings is 2. The lowest BCUT2D eigenvalue weighted by molar-refractivity contribution is 0.0799. The second kappa shape index (κ2) is 9.50. The minimum Gasteiger partial charge on any atom is -0.386 e. The van der Waals surface area contributed by atoms with Gasteiger partial charge >= 0.3 is 0 Å². The summed E-state index contributed by atoms with van der Waals surface area (Å²) < 4.78 is 0. The molecule has 0 radical (unpaired) electrons. The van der Waals surface area contributed by atoms with Crippen molar-refractivity contribution in [2.45, 2.75) is 32.4 Å². The molecule has 0 aliphatic rings. The highest BCUT2D eigenvalue weighted by Gasteiger charge is 2.21. The van der Waals surface area contributed by atoms with Crippen molar-refractivity contribution in [2.75, 3.05) is 0 Å². The molecule has 3 aromatic heterocycles. The summed E-state index contributed by atoms with van der Waals surface area (Å²) in [6.45, 7) is 3.73. The molecule has 3 heterocycles. The van der Waals surface area contributed by atoms with E-state index < -0.39 is 5.60 Å². The Morgan fingerprint density at radius 1 is 1.06 bits per heavy atom. The maximum Gasteiger partial charge on any atom is 0.251 e. The summed E-state index contributed by atoms with van der Waals surface area (Å²) in [6.07, 6.45) is 3.66. The van der Waals surface area contributed by atoms with Crippen LogP contribution in [0.1, 0.15) is 46.7 Å². The number of aromatic nitrogens is 4. The molecule has 0 aliphatic carbocycles. The van der Waals surface area contributed by atoms with E-state index in [4.69, 9.17) is 23.2 Å². The summed E-state index contributed by atoms with van der Waals surface area (Å²) in [5.74, 6) is -0.227. The van der Waals surface area contributed by atoms with Gasteiger partial charge in [-0.2, -0.15) is 5.10 Å².